The van der Waals surface area contributed by atoms with Gasteiger partial charge in [0.2, 0.25) is 0 Å². The molecule has 1 N–H and O–H groups in total. The fourth-order valence-corrected chi connectivity index (χ4v) is 4.12. The van der Waals surface area contributed by atoms with Gasteiger partial charge in [0, 0.05) is 43.7 Å². The minimum atomic E-state index is -0.0267. The molecule has 2 aromatic rings. The van der Waals surface area contributed by atoms with Crippen LogP contribution >= 0.6 is 0 Å². The fourth-order valence-electron chi connectivity index (χ4n) is 4.12. The smallest absolute Gasteiger partial charge is 0.254 e. The van der Waals surface area contributed by atoms with E-state index in [4.69, 9.17) is 4.98 Å². The zero-order valence-electron chi connectivity index (χ0n) is 15.8. The lowest BCUT2D eigenvalue weighted by molar-refractivity contribution is 0.0705. The molecule has 2 aliphatic rings. The highest BCUT2D eigenvalue weighted by Gasteiger charge is 2.27. The maximum absolute atomic E-state index is 12.8. The van der Waals surface area contributed by atoms with Crippen LogP contribution in [0.3, 0.4) is 0 Å². The van der Waals surface area contributed by atoms with Gasteiger partial charge in [-0.2, -0.15) is 0 Å². The van der Waals surface area contributed by atoms with Crippen molar-refractivity contribution in [2.45, 2.75) is 38.5 Å². The summed E-state index contributed by atoms with van der Waals surface area (Å²) in [5.41, 5.74) is 1.57. The van der Waals surface area contributed by atoms with Gasteiger partial charge in [0.25, 0.3) is 5.91 Å². The standard InChI is InChI=1S/C21H26N4O2/c1-15-22-19(13-20(23-15)24-9-2-3-10-24)17-7-5-11-25(14-17)21(27)16-6-4-8-18(26)12-16/h4,6,8,12-13,17,26H,2-3,5,7,9-11,14H2,1H3/t17-/m0/s1. The number of nitrogens with zero attached hydrogens (tertiary/aromatic N) is 4. The Morgan fingerprint density at radius 3 is 2.70 bits per heavy atom. The number of piperidine rings is 1. The molecule has 6 nitrogen and oxygen atoms in total. The van der Waals surface area contributed by atoms with Crippen molar-refractivity contribution in [1.29, 1.82) is 0 Å². The molecule has 1 atom stereocenters. The van der Waals surface area contributed by atoms with Gasteiger partial charge in [0.15, 0.2) is 0 Å². The first-order valence-electron chi connectivity index (χ1n) is 9.79. The first kappa shape index (κ1) is 17.8. The number of carbonyl (C=O) groups is 1. The van der Waals surface area contributed by atoms with Gasteiger partial charge in [-0.15, -0.1) is 0 Å². The largest absolute Gasteiger partial charge is 0.508 e. The van der Waals surface area contributed by atoms with Crippen LogP contribution in [0.15, 0.2) is 30.3 Å². The quantitative estimate of drug-likeness (QED) is 0.904. The summed E-state index contributed by atoms with van der Waals surface area (Å²) in [4.78, 5) is 26.4. The third kappa shape index (κ3) is 3.89. The summed E-state index contributed by atoms with van der Waals surface area (Å²) in [6.45, 7) is 5.46. The van der Waals surface area contributed by atoms with Gasteiger partial charge in [-0.05, 0) is 50.8 Å². The number of phenols is 1. The Labute approximate surface area is 159 Å². The van der Waals surface area contributed by atoms with Crippen LogP contribution in [0, 0.1) is 6.92 Å². The summed E-state index contributed by atoms with van der Waals surface area (Å²) in [6.07, 6.45) is 4.42. The van der Waals surface area contributed by atoms with E-state index in [0.29, 0.717) is 12.1 Å². The van der Waals surface area contributed by atoms with Gasteiger partial charge >= 0.3 is 0 Å². The Morgan fingerprint density at radius 2 is 1.93 bits per heavy atom. The first-order chi connectivity index (χ1) is 13.1. The molecule has 1 amide bonds. The summed E-state index contributed by atoms with van der Waals surface area (Å²) in [6, 6.07) is 8.70. The zero-order valence-corrected chi connectivity index (χ0v) is 15.8. The molecule has 2 fully saturated rings. The van der Waals surface area contributed by atoms with Crippen molar-refractivity contribution in [1.82, 2.24) is 14.9 Å². The molecule has 0 unspecified atom stereocenters. The molecule has 3 heterocycles. The molecule has 1 aromatic carbocycles. The molecule has 0 radical (unpaired) electrons. The first-order valence-corrected chi connectivity index (χ1v) is 9.79. The lowest BCUT2D eigenvalue weighted by Gasteiger charge is -2.33. The number of benzene rings is 1. The van der Waals surface area contributed by atoms with Gasteiger partial charge in [0.1, 0.15) is 17.4 Å². The number of likely N-dealkylation sites (tertiary alicyclic amines) is 1. The Balaban J connectivity index is 1.53. The molecule has 6 heteroatoms. The van der Waals surface area contributed by atoms with Crippen LogP contribution < -0.4 is 4.90 Å². The van der Waals surface area contributed by atoms with E-state index < -0.39 is 0 Å². The second kappa shape index (κ2) is 7.55. The average Bonchev–Trinajstić information content (AvgIpc) is 3.22. The van der Waals surface area contributed by atoms with Gasteiger partial charge in [0.05, 0.1) is 5.69 Å². The number of aromatic nitrogens is 2. The molecule has 142 valence electrons. The summed E-state index contributed by atoms with van der Waals surface area (Å²) in [5.74, 6) is 2.14. The highest BCUT2D eigenvalue weighted by molar-refractivity contribution is 5.94. The number of phenolic OH excluding ortho intramolecular Hbond substituents is 1. The van der Waals surface area contributed by atoms with Crippen molar-refractivity contribution in [3.63, 3.8) is 0 Å². The van der Waals surface area contributed by atoms with Crippen molar-refractivity contribution < 1.29 is 9.90 Å². The molecular weight excluding hydrogens is 340 g/mol. The molecule has 2 aliphatic heterocycles. The second-order valence-corrected chi connectivity index (χ2v) is 7.53. The van der Waals surface area contributed by atoms with E-state index in [2.05, 4.69) is 16.0 Å². The average molecular weight is 366 g/mol. The van der Waals surface area contributed by atoms with Crippen LogP contribution in [0.1, 0.15) is 53.5 Å². The van der Waals surface area contributed by atoms with E-state index >= 15 is 0 Å². The molecular formula is C21H26N4O2. The van der Waals surface area contributed by atoms with Crippen molar-refractivity contribution in [2.24, 2.45) is 0 Å². The maximum atomic E-state index is 12.8. The number of anilines is 1. The molecule has 0 aliphatic carbocycles. The highest BCUT2D eigenvalue weighted by atomic mass is 16.3. The minimum Gasteiger partial charge on any atom is -0.508 e. The summed E-state index contributed by atoms with van der Waals surface area (Å²) in [5, 5.41) is 9.66. The number of amides is 1. The monoisotopic (exact) mass is 366 g/mol. The third-order valence-corrected chi connectivity index (χ3v) is 5.49. The van der Waals surface area contributed by atoms with Crippen molar-refractivity contribution in [3.05, 3.63) is 47.4 Å². The van der Waals surface area contributed by atoms with Crippen molar-refractivity contribution >= 4 is 11.7 Å². The SMILES string of the molecule is Cc1nc([C@H]2CCCN(C(=O)c3cccc(O)c3)C2)cc(N2CCCC2)n1. The number of hydrogen-bond donors (Lipinski definition) is 1. The lowest BCUT2D eigenvalue weighted by atomic mass is 9.93. The molecule has 1 aromatic heterocycles. The molecule has 0 saturated carbocycles. The Kier molecular flexibility index (Phi) is 4.97. The number of aromatic hydroxyl groups is 1. The van der Waals surface area contributed by atoms with Gasteiger partial charge in [-0.25, -0.2) is 9.97 Å². The summed E-state index contributed by atoms with van der Waals surface area (Å²) >= 11 is 0. The van der Waals surface area contributed by atoms with E-state index in [1.165, 1.54) is 18.9 Å². The van der Waals surface area contributed by atoms with Crippen LogP contribution in [0.5, 0.6) is 5.75 Å². The normalized spacial score (nSPS) is 20.1. The Morgan fingerprint density at radius 1 is 1.11 bits per heavy atom. The van der Waals surface area contributed by atoms with Crippen LogP contribution in [0.25, 0.3) is 0 Å². The number of aryl methyl sites for hydroxylation is 1. The van der Waals surface area contributed by atoms with E-state index in [0.717, 1.165) is 49.8 Å². The van der Waals surface area contributed by atoms with E-state index in [1.807, 2.05) is 11.8 Å². The Hall–Kier alpha value is -2.63. The molecule has 0 spiro atoms. The maximum Gasteiger partial charge on any atom is 0.254 e. The van der Waals surface area contributed by atoms with E-state index in [-0.39, 0.29) is 17.6 Å². The third-order valence-electron chi connectivity index (χ3n) is 5.49. The minimum absolute atomic E-state index is 0.0267. The Bertz CT molecular complexity index is 833. The highest BCUT2D eigenvalue weighted by Crippen LogP contribution is 2.29. The number of rotatable bonds is 3. The molecule has 4 rings (SSSR count). The van der Waals surface area contributed by atoms with Crippen LogP contribution in [0.4, 0.5) is 5.82 Å². The fraction of sp³-hybridized carbons (Fsp3) is 0.476. The predicted molar refractivity (Wildman–Crippen MR) is 104 cm³/mol. The van der Waals surface area contributed by atoms with Gasteiger partial charge in [-0.3, -0.25) is 4.79 Å². The topological polar surface area (TPSA) is 69.6 Å². The second-order valence-electron chi connectivity index (χ2n) is 7.53. The number of carbonyl (C=O) groups excluding carboxylic acids is 1. The van der Waals surface area contributed by atoms with Crippen LogP contribution in [-0.2, 0) is 0 Å². The molecule has 27 heavy (non-hydrogen) atoms. The molecule has 2 saturated heterocycles. The molecule has 0 bridgehead atoms. The van der Waals surface area contributed by atoms with Crippen molar-refractivity contribution in [3.8, 4) is 5.75 Å². The van der Waals surface area contributed by atoms with Crippen molar-refractivity contribution in [2.75, 3.05) is 31.1 Å². The summed E-state index contributed by atoms with van der Waals surface area (Å²) in [7, 11) is 0. The lowest BCUT2D eigenvalue weighted by Crippen LogP contribution is -2.39. The van der Waals surface area contributed by atoms with Crippen LogP contribution in [0.2, 0.25) is 0 Å². The zero-order chi connectivity index (χ0) is 18.8. The summed E-state index contributed by atoms with van der Waals surface area (Å²) < 4.78 is 0. The predicted octanol–water partition coefficient (Wildman–Crippen LogP) is 3.11. The van der Waals surface area contributed by atoms with Crippen LogP contribution in [-0.4, -0.2) is 52.1 Å². The van der Waals surface area contributed by atoms with E-state index in [9.17, 15) is 9.90 Å². The number of hydrogen-bond acceptors (Lipinski definition) is 5. The van der Waals surface area contributed by atoms with Gasteiger partial charge in [-0.1, -0.05) is 6.07 Å². The van der Waals surface area contributed by atoms with E-state index in [1.54, 1.807) is 18.2 Å². The van der Waals surface area contributed by atoms with Gasteiger partial charge < -0.3 is 14.9 Å².